The van der Waals surface area contributed by atoms with Crippen LogP contribution in [0, 0.1) is 0 Å². The van der Waals surface area contributed by atoms with Gasteiger partial charge in [-0.05, 0) is 12.1 Å². The van der Waals surface area contributed by atoms with Gasteiger partial charge in [-0.3, -0.25) is 0 Å². The zero-order valence-corrected chi connectivity index (χ0v) is 12.0. The van der Waals surface area contributed by atoms with Gasteiger partial charge >= 0.3 is 12.0 Å². The number of carboxylic acid groups (broad SMARTS) is 1. The van der Waals surface area contributed by atoms with Crippen molar-refractivity contribution in [3.63, 3.8) is 0 Å². The van der Waals surface area contributed by atoms with Gasteiger partial charge in [0.2, 0.25) is 0 Å². The summed E-state index contributed by atoms with van der Waals surface area (Å²) in [4.78, 5) is 22.5. The maximum Gasteiger partial charge on any atom is 0.334 e. The third-order valence-electron chi connectivity index (χ3n) is 2.66. The Bertz CT molecular complexity index is 505. The number of rotatable bonds is 7. The van der Waals surface area contributed by atoms with E-state index < -0.39 is 18.1 Å². The number of nitrogens with one attached hydrogen (secondary N) is 2. The molecule has 0 radical (unpaired) electrons. The smallest absolute Gasteiger partial charge is 0.334 e. The van der Waals surface area contributed by atoms with E-state index in [4.69, 9.17) is 19.3 Å². The van der Waals surface area contributed by atoms with Gasteiger partial charge in [-0.1, -0.05) is 0 Å². The molecule has 21 heavy (non-hydrogen) atoms. The molecule has 0 fully saturated rings. The molecular formula is C13H18N2O6. The number of hydrogen-bond donors (Lipinski definition) is 3. The number of amides is 2. The summed E-state index contributed by atoms with van der Waals surface area (Å²) < 4.78 is 14.9. The average molecular weight is 298 g/mol. The molecule has 0 spiro atoms. The molecule has 1 aromatic rings. The van der Waals surface area contributed by atoms with E-state index in [0.717, 1.165) is 0 Å². The lowest BCUT2D eigenvalue weighted by Crippen LogP contribution is -2.39. The molecule has 0 aliphatic heterocycles. The number of ether oxygens (including phenoxy) is 3. The Balaban J connectivity index is 2.64. The number of benzene rings is 1. The van der Waals surface area contributed by atoms with Crippen molar-refractivity contribution in [3.05, 3.63) is 18.2 Å². The number of hydrogen-bond acceptors (Lipinski definition) is 5. The van der Waals surface area contributed by atoms with Gasteiger partial charge in [-0.15, -0.1) is 0 Å². The molecule has 2 amide bonds. The lowest BCUT2D eigenvalue weighted by molar-refractivity contribution is -0.147. The standard InChI is InChI=1S/C13H18N2O6/c1-19-8-4-5-9(10(6-8)20-2)15-13(18)14-7-11(21-3)12(16)17/h4-6,11H,7H2,1-3H3,(H,16,17)(H2,14,15,18). The predicted molar refractivity (Wildman–Crippen MR) is 75.0 cm³/mol. The number of carboxylic acids is 1. The maximum atomic E-state index is 11.7. The van der Waals surface area contributed by atoms with Crippen molar-refractivity contribution in [2.24, 2.45) is 0 Å². The van der Waals surface area contributed by atoms with Gasteiger partial charge in [0, 0.05) is 13.2 Å². The maximum absolute atomic E-state index is 11.7. The van der Waals surface area contributed by atoms with Crippen LogP contribution in [0.2, 0.25) is 0 Å². The quantitative estimate of drug-likeness (QED) is 0.691. The minimum absolute atomic E-state index is 0.157. The monoisotopic (exact) mass is 298 g/mol. The summed E-state index contributed by atoms with van der Waals surface area (Å²) in [6, 6.07) is 4.32. The van der Waals surface area contributed by atoms with E-state index in [1.165, 1.54) is 21.3 Å². The van der Waals surface area contributed by atoms with Crippen LogP contribution in [0.15, 0.2) is 18.2 Å². The fraction of sp³-hybridized carbons (Fsp3) is 0.385. The van der Waals surface area contributed by atoms with Crippen LogP contribution in [0.5, 0.6) is 11.5 Å². The predicted octanol–water partition coefficient (Wildman–Crippen LogP) is 0.925. The highest BCUT2D eigenvalue weighted by atomic mass is 16.5. The molecule has 1 aromatic carbocycles. The van der Waals surface area contributed by atoms with Crippen molar-refractivity contribution in [3.8, 4) is 11.5 Å². The molecule has 3 N–H and O–H groups in total. The second-order valence-corrected chi connectivity index (χ2v) is 3.96. The second-order valence-electron chi connectivity index (χ2n) is 3.96. The van der Waals surface area contributed by atoms with Crippen LogP contribution in [-0.4, -0.2) is 51.1 Å². The Morgan fingerprint density at radius 3 is 2.48 bits per heavy atom. The zero-order valence-electron chi connectivity index (χ0n) is 12.0. The highest BCUT2D eigenvalue weighted by Crippen LogP contribution is 2.28. The third kappa shape index (κ3) is 4.84. The van der Waals surface area contributed by atoms with Crippen LogP contribution in [0.1, 0.15) is 0 Å². The topological polar surface area (TPSA) is 106 Å². The molecule has 8 heteroatoms. The van der Waals surface area contributed by atoms with E-state index in [2.05, 4.69) is 10.6 Å². The van der Waals surface area contributed by atoms with E-state index in [0.29, 0.717) is 17.2 Å². The molecule has 1 unspecified atom stereocenters. The summed E-state index contributed by atoms with van der Waals surface area (Å²) in [6.07, 6.45) is -1.10. The SMILES string of the molecule is COc1ccc(NC(=O)NCC(OC)C(=O)O)c(OC)c1. The van der Waals surface area contributed by atoms with Gasteiger partial charge in [-0.25, -0.2) is 9.59 Å². The number of urea groups is 1. The van der Waals surface area contributed by atoms with E-state index >= 15 is 0 Å². The Hall–Kier alpha value is -2.48. The molecule has 1 atom stereocenters. The molecular weight excluding hydrogens is 280 g/mol. The highest BCUT2D eigenvalue weighted by molar-refractivity contribution is 5.91. The largest absolute Gasteiger partial charge is 0.497 e. The first-order valence-electron chi connectivity index (χ1n) is 6.04. The first kappa shape index (κ1) is 16.6. The Kier molecular flexibility index (Phi) is 6.28. The van der Waals surface area contributed by atoms with Crippen LogP contribution in [0.25, 0.3) is 0 Å². The minimum Gasteiger partial charge on any atom is -0.497 e. The number of carbonyl (C=O) groups excluding carboxylic acids is 1. The molecule has 0 saturated heterocycles. The summed E-state index contributed by atoms with van der Waals surface area (Å²) in [6.45, 7) is -0.157. The van der Waals surface area contributed by atoms with Crippen LogP contribution in [-0.2, 0) is 9.53 Å². The Morgan fingerprint density at radius 1 is 1.24 bits per heavy atom. The zero-order chi connectivity index (χ0) is 15.8. The van der Waals surface area contributed by atoms with Gasteiger partial charge in [0.05, 0.1) is 26.5 Å². The normalized spacial score (nSPS) is 11.4. The second kappa shape index (κ2) is 7.95. The molecule has 0 aliphatic rings. The first-order chi connectivity index (χ1) is 10.0. The summed E-state index contributed by atoms with van der Waals surface area (Å²) >= 11 is 0. The van der Waals surface area contributed by atoms with Crippen molar-refractivity contribution in [1.29, 1.82) is 0 Å². The van der Waals surface area contributed by atoms with E-state index in [-0.39, 0.29) is 6.54 Å². The van der Waals surface area contributed by atoms with Gasteiger partial charge < -0.3 is 30.0 Å². The molecule has 116 valence electrons. The van der Waals surface area contributed by atoms with Crippen LogP contribution in [0.4, 0.5) is 10.5 Å². The van der Waals surface area contributed by atoms with Gasteiger partial charge in [0.1, 0.15) is 11.5 Å². The molecule has 0 saturated carbocycles. The Labute approximate surface area is 122 Å². The van der Waals surface area contributed by atoms with Crippen molar-refractivity contribution in [1.82, 2.24) is 5.32 Å². The molecule has 0 heterocycles. The lowest BCUT2D eigenvalue weighted by atomic mass is 10.2. The van der Waals surface area contributed by atoms with Crippen molar-refractivity contribution in [2.75, 3.05) is 33.2 Å². The number of aliphatic carboxylic acids is 1. The summed E-state index contributed by atoms with van der Waals surface area (Å²) in [5, 5.41) is 13.7. The van der Waals surface area contributed by atoms with E-state index in [1.54, 1.807) is 18.2 Å². The molecule has 0 aromatic heterocycles. The lowest BCUT2D eigenvalue weighted by Gasteiger charge is -2.14. The molecule has 1 rings (SSSR count). The minimum atomic E-state index is -1.15. The van der Waals surface area contributed by atoms with Crippen LogP contribution < -0.4 is 20.1 Å². The van der Waals surface area contributed by atoms with Crippen LogP contribution in [0.3, 0.4) is 0 Å². The summed E-state index contributed by atoms with van der Waals surface area (Å²) in [5.41, 5.74) is 0.431. The molecule has 0 aliphatic carbocycles. The Morgan fingerprint density at radius 2 is 1.95 bits per heavy atom. The third-order valence-corrected chi connectivity index (χ3v) is 2.66. The van der Waals surface area contributed by atoms with E-state index in [9.17, 15) is 9.59 Å². The molecule has 8 nitrogen and oxygen atoms in total. The van der Waals surface area contributed by atoms with Crippen LogP contribution >= 0.6 is 0 Å². The highest BCUT2D eigenvalue weighted by Gasteiger charge is 2.17. The fourth-order valence-corrected chi connectivity index (χ4v) is 1.53. The summed E-state index contributed by atoms with van der Waals surface area (Å²) in [5.74, 6) is -0.144. The van der Waals surface area contributed by atoms with Gasteiger partial charge in [-0.2, -0.15) is 0 Å². The van der Waals surface area contributed by atoms with Gasteiger partial charge in [0.15, 0.2) is 6.10 Å². The first-order valence-corrected chi connectivity index (χ1v) is 6.04. The number of methoxy groups -OCH3 is 3. The number of carbonyl (C=O) groups is 2. The van der Waals surface area contributed by atoms with E-state index in [1.807, 2.05) is 0 Å². The van der Waals surface area contributed by atoms with Crippen molar-refractivity contribution >= 4 is 17.7 Å². The van der Waals surface area contributed by atoms with Gasteiger partial charge in [0.25, 0.3) is 0 Å². The van der Waals surface area contributed by atoms with Crippen molar-refractivity contribution < 1.29 is 28.9 Å². The average Bonchev–Trinajstić information content (AvgIpc) is 2.47. The van der Waals surface area contributed by atoms with Crippen molar-refractivity contribution in [2.45, 2.75) is 6.10 Å². The number of anilines is 1. The molecule has 0 bridgehead atoms. The fourth-order valence-electron chi connectivity index (χ4n) is 1.53. The summed E-state index contributed by atoms with van der Waals surface area (Å²) in [7, 11) is 4.24.